The van der Waals surface area contributed by atoms with Crippen LogP contribution in [-0.2, 0) is 11.2 Å². The van der Waals surface area contributed by atoms with Gasteiger partial charge in [0.2, 0.25) is 5.91 Å². The highest BCUT2D eigenvalue weighted by Crippen LogP contribution is 2.64. The molecule has 152 valence electrons. The average molecular weight is 424 g/mol. The number of benzene rings is 2. The monoisotopic (exact) mass is 423 g/mol. The van der Waals surface area contributed by atoms with Crippen molar-refractivity contribution in [1.29, 1.82) is 0 Å². The quantitative estimate of drug-likeness (QED) is 0.633. The molecule has 1 heterocycles. The summed E-state index contributed by atoms with van der Waals surface area (Å²) in [5, 5.41) is 3.32. The van der Waals surface area contributed by atoms with Crippen LogP contribution < -0.4 is 5.32 Å². The lowest BCUT2D eigenvalue weighted by atomic mass is 9.67. The van der Waals surface area contributed by atoms with Gasteiger partial charge in [0.15, 0.2) is 0 Å². The average Bonchev–Trinajstić information content (AvgIpc) is 3.19. The number of thioether (sulfide) groups is 2. The third-order valence-corrected chi connectivity index (χ3v) is 11.0. The normalized spacial score (nSPS) is 27.7. The van der Waals surface area contributed by atoms with Crippen LogP contribution in [0.3, 0.4) is 0 Å². The minimum absolute atomic E-state index is 0.169. The highest BCUT2D eigenvalue weighted by Gasteiger charge is 2.55. The zero-order valence-corrected chi connectivity index (χ0v) is 18.4. The molecule has 2 aromatic rings. The number of para-hydroxylation sites is 1. The number of amides is 1. The summed E-state index contributed by atoms with van der Waals surface area (Å²) in [7, 11) is 0. The van der Waals surface area contributed by atoms with Crippen LogP contribution in [0, 0.1) is 17.8 Å². The van der Waals surface area contributed by atoms with E-state index < -0.39 is 0 Å². The fourth-order valence-electron chi connectivity index (χ4n) is 5.67. The largest absolute Gasteiger partial charge is 0.326 e. The highest BCUT2D eigenvalue weighted by molar-refractivity contribution is 8.21. The van der Waals surface area contributed by atoms with Gasteiger partial charge in [-0.15, -0.1) is 23.5 Å². The van der Waals surface area contributed by atoms with Crippen molar-refractivity contribution >= 4 is 35.1 Å². The number of rotatable bonds is 4. The molecule has 0 radical (unpaired) electrons. The van der Waals surface area contributed by atoms with Gasteiger partial charge < -0.3 is 5.32 Å². The Kier molecular flexibility index (Phi) is 5.66. The van der Waals surface area contributed by atoms with Gasteiger partial charge in [-0.25, -0.2) is 0 Å². The molecule has 2 aromatic carbocycles. The first-order valence-corrected chi connectivity index (χ1v) is 12.9. The van der Waals surface area contributed by atoms with Crippen LogP contribution in [0.1, 0.15) is 43.2 Å². The third kappa shape index (κ3) is 3.86. The van der Waals surface area contributed by atoms with Gasteiger partial charge in [0.25, 0.3) is 0 Å². The summed E-state index contributed by atoms with van der Waals surface area (Å²) in [6.07, 6.45) is 6.97. The van der Waals surface area contributed by atoms with Gasteiger partial charge in [0.1, 0.15) is 0 Å². The lowest BCUT2D eigenvalue weighted by Gasteiger charge is -2.52. The summed E-state index contributed by atoms with van der Waals surface area (Å²) in [4.78, 5) is 13.3. The van der Waals surface area contributed by atoms with Gasteiger partial charge in [0.05, 0.1) is 4.08 Å². The predicted octanol–water partition coefficient (Wildman–Crippen LogP) is 6.22. The Hall–Kier alpha value is -1.39. The van der Waals surface area contributed by atoms with Crippen molar-refractivity contribution in [3.63, 3.8) is 0 Å². The molecule has 0 aromatic heterocycles. The van der Waals surface area contributed by atoms with E-state index in [0.29, 0.717) is 15.9 Å². The van der Waals surface area contributed by atoms with E-state index >= 15 is 0 Å². The van der Waals surface area contributed by atoms with Crippen LogP contribution in [0.2, 0.25) is 0 Å². The number of nitrogens with one attached hydrogen (secondary N) is 1. The maximum atomic E-state index is 13.3. The zero-order valence-electron chi connectivity index (χ0n) is 16.8. The standard InChI is InChI=1S/C25H29NOS2/c27-24(20-16-21-10-6-11-22(17-20)25(21)28-13-14-29-25)26-23-12-5-4-9-19(23)15-18-7-2-1-3-8-18/h1-5,7-9,12,20-22H,6,10-11,13-17H2,(H,26,27)/t21-,22-/m1/s1. The van der Waals surface area contributed by atoms with Crippen molar-refractivity contribution < 1.29 is 4.79 Å². The molecule has 1 aliphatic heterocycles. The maximum absolute atomic E-state index is 13.3. The Morgan fingerprint density at radius 3 is 2.31 bits per heavy atom. The fraction of sp³-hybridized carbons (Fsp3) is 0.480. The van der Waals surface area contributed by atoms with Gasteiger partial charge in [-0.1, -0.05) is 55.0 Å². The summed E-state index contributed by atoms with van der Waals surface area (Å²) >= 11 is 4.42. The first kappa shape index (κ1) is 19.6. The van der Waals surface area contributed by atoms with Crippen molar-refractivity contribution in [2.24, 2.45) is 17.8 Å². The van der Waals surface area contributed by atoms with E-state index in [0.717, 1.165) is 24.9 Å². The zero-order chi connectivity index (χ0) is 19.7. The molecular weight excluding hydrogens is 394 g/mol. The Bertz CT molecular complexity index is 846. The van der Waals surface area contributed by atoms with Crippen LogP contribution in [0.4, 0.5) is 5.69 Å². The summed E-state index contributed by atoms with van der Waals surface area (Å²) in [5.74, 6) is 4.42. The van der Waals surface area contributed by atoms with Crippen molar-refractivity contribution in [2.45, 2.75) is 42.6 Å². The molecule has 1 amide bonds. The number of hydrogen-bond acceptors (Lipinski definition) is 3. The van der Waals surface area contributed by atoms with Crippen LogP contribution in [0.5, 0.6) is 0 Å². The van der Waals surface area contributed by atoms with E-state index in [9.17, 15) is 4.79 Å². The smallest absolute Gasteiger partial charge is 0.227 e. The molecule has 1 N–H and O–H groups in total. The molecule has 4 heteroatoms. The molecule has 2 atom stereocenters. The molecular formula is C25H29NOS2. The molecule has 2 saturated carbocycles. The Labute approximate surface area is 182 Å². The summed E-state index contributed by atoms with van der Waals surface area (Å²) in [6.45, 7) is 0. The molecule has 3 fully saturated rings. The third-order valence-electron chi connectivity index (χ3n) is 7.00. The van der Waals surface area contributed by atoms with Gasteiger partial charge in [0, 0.05) is 23.1 Å². The number of carbonyl (C=O) groups excluding carboxylic acids is 1. The van der Waals surface area contributed by atoms with E-state index in [4.69, 9.17) is 0 Å². The van der Waals surface area contributed by atoms with Gasteiger partial charge in [-0.05, 0) is 61.1 Å². The van der Waals surface area contributed by atoms with Gasteiger partial charge >= 0.3 is 0 Å². The van der Waals surface area contributed by atoms with E-state index in [1.165, 1.54) is 41.9 Å². The summed E-state index contributed by atoms with van der Waals surface area (Å²) in [5.41, 5.74) is 3.46. The molecule has 0 unspecified atom stereocenters. The van der Waals surface area contributed by atoms with Gasteiger partial charge in [-0.2, -0.15) is 0 Å². The first-order valence-electron chi connectivity index (χ1n) is 11.0. The maximum Gasteiger partial charge on any atom is 0.227 e. The van der Waals surface area contributed by atoms with E-state index in [-0.39, 0.29) is 11.8 Å². The Balaban J connectivity index is 1.30. The molecule has 1 saturated heterocycles. The minimum Gasteiger partial charge on any atom is -0.326 e. The molecule has 5 rings (SSSR count). The van der Waals surface area contributed by atoms with Crippen molar-refractivity contribution in [3.05, 3.63) is 65.7 Å². The van der Waals surface area contributed by atoms with Crippen LogP contribution in [-0.4, -0.2) is 21.5 Å². The summed E-state index contributed by atoms with van der Waals surface area (Å²) in [6, 6.07) is 18.8. The van der Waals surface area contributed by atoms with Gasteiger partial charge in [-0.3, -0.25) is 4.79 Å². The molecule has 1 spiro atoms. The Morgan fingerprint density at radius 2 is 1.59 bits per heavy atom. The molecule has 29 heavy (non-hydrogen) atoms. The molecule has 2 aliphatic carbocycles. The van der Waals surface area contributed by atoms with Crippen LogP contribution in [0.25, 0.3) is 0 Å². The molecule has 2 nitrogen and oxygen atoms in total. The van der Waals surface area contributed by atoms with E-state index in [2.05, 4.69) is 71.3 Å². The van der Waals surface area contributed by atoms with Crippen molar-refractivity contribution in [1.82, 2.24) is 0 Å². The second kappa shape index (κ2) is 8.39. The van der Waals surface area contributed by atoms with Crippen molar-refractivity contribution in [3.8, 4) is 0 Å². The van der Waals surface area contributed by atoms with E-state index in [1.807, 2.05) is 12.1 Å². The van der Waals surface area contributed by atoms with E-state index in [1.54, 1.807) is 0 Å². The topological polar surface area (TPSA) is 29.1 Å². The first-order chi connectivity index (χ1) is 14.2. The highest BCUT2D eigenvalue weighted by atomic mass is 32.2. The number of hydrogen-bond donors (Lipinski definition) is 1. The second-order valence-corrected chi connectivity index (χ2v) is 11.7. The number of anilines is 1. The van der Waals surface area contributed by atoms with Crippen LogP contribution in [0.15, 0.2) is 54.6 Å². The lowest BCUT2D eigenvalue weighted by Crippen LogP contribution is -2.48. The molecule has 2 bridgehead atoms. The van der Waals surface area contributed by atoms with Crippen molar-refractivity contribution in [2.75, 3.05) is 16.8 Å². The lowest BCUT2D eigenvalue weighted by molar-refractivity contribution is -0.122. The predicted molar refractivity (Wildman–Crippen MR) is 126 cm³/mol. The van der Waals surface area contributed by atoms with Crippen LogP contribution >= 0.6 is 23.5 Å². The SMILES string of the molecule is O=C(Nc1ccccc1Cc1ccccc1)C1C[C@H]2CCC[C@H](C1)C21SCCS1. The minimum atomic E-state index is 0.169. The molecule has 3 aliphatic rings. The summed E-state index contributed by atoms with van der Waals surface area (Å²) < 4.78 is 0.431. The second-order valence-electron chi connectivity index (χ2n) is 8.72. The fourth-order valence-corrected chi connectivity index (χ4v) is 9.61. The number of carbonyl (C=O) groups is 1. The Morgan fingerprint density at radius 1 is 0.931 bits per heavy atom.